The van der Waals surface area contributed by atoms with Gasteiger partial charge in [0.2, 0.25) is 0 Å². The predicted molar refractivity (Wildman–Crippen MR) is 93.7 cm³/mol. The number of anilines is 1. The van der Waals surface area contributed by atoms with Crippen molar-refractivity contribution >= 4 is 34.5 Å². The highest BCUT2D eigenvalue weighted by molar-refractivity contribution is 7.17. The van der Waals surface area contributed by atoms with Crippen molar-refractivity contribution in [1.82, 2.24) is 5.16 Å². The summed E-state index contributed by atoms with van der Waals surface area (Å²) in [6, 6.07) is 6.09. The van der Waals surface area contributed by atoms with Gasteiger partial charge in [-0.15, -0.1) is 11.3 Å². The average Bonchev–Trinajstić information content (AvgIpc) is 3.15. The molecule has 3 rings (SSSR count). The Labute approximate surface area is 155 Å². The van der Waals surface area contributed by atoms with Crippen LogP contribution in [0.1, 0.15) is 26.7 Å². The fraction of sp³-hybridized carbons (Fsp3) is 0.176. The molecule has 3 aromatic rings. The van der Waals surface area contributed by atoms with E-state index in [9.17, 15) is 18.0 Å². The number of amides is 1. The van der Waals surface area contributed by atoms with Crippen LogP contribution in [-0.4, -0.2) is 11.1 Å². The second-order valence-electron chi connectivity index (χ2n) is 5.51. The molecular formula is C17H12ClF3N2O2S. The van der Waals surface area contributed by atoms with Crippen LogP contribution in [0.2, 0.25) is 5.02 Å². The van der Waals surface area contributed by atoms with Gasteiger partial charge in [-0.1, -0.05) is 16.8 Å². The van der Waals surface area contributed by atoms with Crippen LogP contribution in [0.4, 0.5) is 18.9 Å². The van der Waals surface area contributed by atoms with Gasteiger partial charge in [-0.05, 0) is 44.2 Å². The second-order valence-corrected chi connectivity index (χ2v) is 7.00. The van der Waals surface area contributed by atoms with Crippen LogP contribution in [0.25, 0.3) is 10.4 Å². The van der Waals surface area contributed by atoms with Crippen molar-refractivity contribution in [2.75, 3.05) is 5.32 Å². The lowest BCUT2D eigenvalue weighted by Gasteiger charge is -2.11. The number of benzene rings is 1. The minimum atomic E-state index is -4.52. The van der Waals surface area contributed by atoms with Crippen LogP contribution in [0.15, 0.2) is 34.9 Å². The molecule has 0 fully saturated rings. The molecule has 4 nitrogen and oxygen atoms in total. The van der Waals surface area contributed by atoms with Gasteiger partial charge in [0, 0.05) is 4.88 Å². The summed E-state index contributed by atoms with van der Waals surface area (Å²) in [7, 11) is 0. The third-order valence-electron chi connectivity index (χ3n) is 3.65. The van der Waals surface area contributed by atoms with E-state index in [1.165, 1.54) is 11.3 Å². The summed E-state index contributed by atoms with van der Waals surface area (Å²) in [5.74, 6) is 0.0754. The highest BCUT2D eigenvalue weighted by atomic mass is 35.5. The normalized spacial score (nSPS) is 11.6. The fourth-order valence-electron chi connectivity index (χ4n) is 2.41. The van der Waals surface area contributed by atoms with E-state index in [2.05, 4.69) is 10.5 Å². The van der Waals surface area contributed by atoms with E-state index in [1.807, 2.05) is 0 Å². The van der Waals surface area contributed by atoms with Crippen molar-refractivity contribution in [1.29, 1.82) is 0 Å². The fourth-order valence-corrected chi connectivity index (χ4v) is 3.62. The summed E-state index contributed by atoms with van der Waals surface area (Å²) >= 11 is 7.09. The van der Waals surface area contributed by atoms with E-state index in [0.717, 1.165) is 28.6 Å². The van der Waals surface area contributed by atoms with E-state index in [4.69, 9.17) is 16.1 Å². The number of rotatable bonds is 3. The van der Waals surface area contributed by atoms with Crippen LogP contribution >= 0.6 is 22.9 Å². The van der Waals surface area contributed by atoms with Gasteiger partial charge in [0.15, 0.2) is 0 Å². The molecule has 0 atom stereocenters. The molecule has 2 aromatic heterocycles. The first-order valence-corrected chi connectivity index (χ1v) is 8.57. The Morgan fingerprint density at radius 3 is 2.58 bits per heavy atom. The summed E-state index contributed by atoms with van der Waals surface area (Å²) in [5.41, 5.74) is 0.502. The second kappa shape index (κ2) is 6.77. The van der Waals surface area contributed by atoms with E-state index in [0.29, 0.717) is 16.3 Å². The summed E-state index contributed by atoms with van der Waals surface area (Å²) in [5, 5.41) is 6.32. The Morgan fingerprint density at radius 2 is 1.96 bits per heavy atom. The molecule has 0 bridgehead atoms. The molecule has 26 heavy (non-hydrogen) atoms. The molecule has 0 saturated carbocycles. The lowest BCUT2D eigenvalue weighted by atomic mass is 10.2. The standard InChI is InChI=1S/C17H12ClF3N2O2S/c1-8-15(9(2)25-23-8)13-5-6-14(26-13)16(24)22-12-7-10(17(19,20)21)3-4-11(12)18/h3-7H,1-2H3,(H,22,24). The van der Waals surface area contributed by atoms with Crippen molar-refractivity contribution in [3.8, 4) is 10.4 Å². The first-order valence-electron chi connectivity index (χ1n) is 7.38. The molecule has 136 valence electrons. The van der Waals surface area contributed by atoms with Crippen LogP contribution in [0.3, 0.4) is 0 Å². The van der Waals surface area contributed by atoms with Crippen molar-refractivity contribution < 1.29 is 22.5 Å². The minimum Gasteiger partial charge on any atom is -0.361 e. The number of alkyl halides is 3. The zero-order valence-corrected chi connectivity index (χ0v) is 15.1. The van der Waals surface area contributed by atoms with Crippen LogP contribution in [-0.2, 0) is 6.18 Å². The van der Waals surface area contributed by atoms with E-state index in [1.54, 1.807) is 26.0 Å². The Bertz CT molecular complexity index is 959. The van der Waals surface area contributed by atoms with Gasteiger partial charge in [0.1, 0.15) is 5.76 Å². The number of hydrogen-bond donors (Lipinski definition) is 1. The number of hydrogen-bond acceptors (Lipinski definition) is 4. The minimum absolute atomic E-state index is 0.0221. The number of carbonyl (C=O) groups excluding carboxylic acids is 1. The maximum Gasteiger partial charge on any atom is 0.416 e. The molecule has 0 aliphatic heterocycles. The van der Waals surface area contributed by atoms with Gasteiger partial charge in [0.05, 0.1) is 32.4 Å². The van der Waals surface area contributed by atoms with Crippen LogP contribution in [0, 0.1) is 13.8 Å². The molecule has 9 heteroatoms. The molecule has 2 heterocycles. The van der Waals surface area contributed by atoms with E-state index in [-0.39, 0.29) is 10.7 Å². The van der Waals surface area contributed by atoms with Gasteiger partial charge in [0.25, 0.3) is 5.91 Å². The van der Waals surface area contributed by atoms with Crippen LogP contribution < -0.4 is 5.32 Å². The quantitative estimate of drug-likeness (QED) is 0.591. The van der Waals surface area contributed by atoms with Gasteiger partial charge >= 0.3 is 6.18 Å². The predicted octanol–water partition coefficient (Wildman–Crippen LogP) is 5.94. The lowest BCUT2D eigenvalue weighted by molar-refractivity contribution is -0.137. The number of nitrogens with one attached hydrogen (secondary N) is 1. The summed E-state index contributed by atoms with van der Waals surface area (Å²) in [6.45, 7) is 3.55. The molecular weight excluding hydrogens is 389 g/mol. The molecule has 0 aliphatic carbocycles. The van der Waals surface area contributed by atoms with Gasteiger partial charge in [-0.3, -0.25) is 4.79 Å². The number of halogens is 4. The number of nitrogens with zero attached hydrogens (tertiary/aromatic N) is 1. The topological polar surface area (TPSA) is 55.1 Å². The number of aromatic nitrogens is 1. The Morgan fingerprint density at radius 1 is 1.23 bits per heavy atom. The first kappa shape index (κ1) is 18.5. The van der Waals surface area contributed by atoms with Crippen LogP contribution in [0.5, 0.6) is 0 Å². The van der Waals surface area contributed by atoms with E-state index < -0.39 is 17.6 Å². The molecule has 0 saturated heterocycles. The highest BCUT2D eigenvalue weighted by Crippen LogP contribution is 2.35. The maximum absolute atomic E-state index is 12.8. The van der Waals surface area contributed by atoms with Gasteiger partial charge in [-0.25, -0.2) is 0 Å². The smallest absolute Gasteiger partial charge is 0.361 e. The zero-order chi connectivity index (χ0) is 19.1. The van der Waals surface area contributed by atoms with Gasteiger partial charge in [-0.2, -0.15) is 13.2 Å². The van der Waals surface area contributed by atoms with Crippen molar-refractivity contribution in [2.24, 2.45) is 0 Å². The summed E-state index contributed by atoms with van der Waals surface area (Å²) in [4.78, 5) is 13.5. The third-order valence-corrected chi connectivity index (χ3v) is 5.08. The summed E-state index contributed by atoms with van der Waals surface area (Å²) < 4.78 is 43.6. The van der Waals surface area contributed by atoms with E-state index >= 15 is 0 Å². The molecule has 0 radical (unpaired) electrons. The zero-order valence-electron chi connectivity index (χ0n) is 13.6. The number of aryl methyl sites for hydroxylation is 2. The van der Waals surface area contributed by atoms with Crippen molar-refractivity contribution in [3.05, 3.63) is 57.2 Å². The van der Waals surface area contributed by atoms with Gasteiger partial charge < -0.3 is 9.84 Å². The maximum atomic E-state index is 12.8. The molecule has 1 amide bonds. The van der Waals surface area contributed by atoms with Crippen molar-refractivity contribution in [3.63, 3.8) is 0 Å². The molecule has 1 aromatic carbocycles. The van der Waals surface area contributed by atoms with Crippen molar-refractivity contribution in [2.45, 2.75) is 20.0 Å². The third kappa shape index (κ3) is 3.61. The number of thiophene rings is 1. The lowest BCUT2D eigenvalue weighted by Crippen LogP contribution is -2.12. The largest absolute Gasteiger partial charge is 0.416 e. The molecule has 0 spiro atoms. The average molecular weight is 401 g/mol. The molecule has 0 unspecified atom stereocenters. The number of carbonyl (C=O) groups is 1. The monoisotopic (exact) mass is 400 g/mol. The highest BCUT2D eigenvalue weighted by Gasteiger charge is 2.31. The molecule has 0 aliphatic rings. The Hall–Kier alpha value is -2.32. The first-order chi connectivity index (χ1) is 12.2. The Kier molecular flexibility index (Phi) is 4.81. The summed E-state index contributed by atoms with van der Waals surface area (Å²) in [6.07, 6.45) is -4.52. The molecule has 1 N–H and O–H groups in total. The Balaban J connectivity index is 1.86. The SMILES string of the molecule is Cc1noc(C)c1-c1ccc(C(=O)Nc2cc(C(F)(F)F)ccc2Cl)s1.